The maximum atomic E-state index is 11.9. The Hall–Kier alpha value is -0.710. The van der Waals surface area contributed by atoms with Gasteiger partial charge in [0, 0.05) is 6.20 Å². The normalized spacial score (nSPS) is 12.0. The lowest BCUT2D eigenvalue weighted by atomic mass is 10.4. The molecule has 62 valence electrons. The first kappa shape index (κ1) is 8.39. The van der Waals surface area contributed by atoms with Crippen molar-refractivity contribution in [3.8, 4) is 0 Å². The lowest BCUT2D eigenvalue weighted by Gasteiger charge is -2.06. The van der Waals surface area contributed by atoms with Gasteiger partial charge in [-0.25, -0.2) is 4.68 Å². The number of nitrogens with zero attached hydrogens (tertiary/aromatic N) is 2. The fraction of sp³-hybridized carbons (Fsp3) is 0.400. The summed E-state index contributed by atoms with van der Waals surface area (Å²) in [4.78, 5) is 0. The van der Waals surface area contributed by atoms with Gasteiger partial charge in [-0.2, -0.15) is 18.3 Å². The van der Waals surface area contributed by atoms with Crippen LogP contribution in [0.1, 0.15) is 5.69 Å². The molecule has 1 aromatic rings. The monoisotopic (exact) mass is 184 g/mol. The van der Waals surface area contributed by atoms with E-state index in [4.69, 9.17) is 11.6 Å². The molecule has 0 radical (unpaired) electrons. The van der Waals surface area contributed by atoms with Crippen molar-refractivity contribution in [1.82, 2.24) is 9.78 Å². The van der Waals surface area contributed by atoms with Crippen molar-refractivity contribution in [2.24, 2.45) is 0 Å². The van der Waals surface area contributed by atoms with Gasteiger partial charge >= 0.3 is 6.18 Å². The standard InChI is InChI=1S/C5H4ClF3N2/c6-3-11-4(1-2-10-11)5(7,8)9/h1-2H,3H2. The Morgan fingerprint density at radius 1 is 1.55 bits per heavy atom. The highest BCUT2D eigenvalue weighted by atomic mass is 35.5. The Morgan fingerprint density at radius 3 is 2.55 bits per heavy atom. The Labute approximate surface area is 65.6 Å². The van der Waals surface area contributed by atoms with Gasteiger partial charge in [0.05, 0.1) is 0 Å². The van der Waals surface area contributed by atoms with Crippen LogP contribution in [-0.4, -0.2) is 9.78 Å². The molecule has 0 unspecified atom stereocenters. The molecule has 1 aromatic heterocycles. The predicted molar refractivity (Wildman–Crippen MR) is 33.1 cm³/mol. The minimum atomic E-state index is -4.37. The Balaban J connectivity index is 3.02. The summed E-state index contributed by atoms with van der Waals surface area (Å²) in [5.41, 5.74) is -0.826. The van der Waals surface area contributed by atoms with Crippen LogP contribution in [0.3, 0.4) is 0 Å². The predicted octanol–water partition coefficient (Wildman–Crippen LogP) is 2.10. The van der Waals surface area contributed by atoms with Gasteiger partial charge in [-0.1, -0.05) is 0 Å². The zero-order valence-corrected chi connectivity index (χ0v) is 6.02. The molecule has 1 rings (SSSR count). The fourth-order valence-electron chi connectivity index (χ4n) is 0.669. The molecule has 11 heavy (non-hydrogen) atoms. The van der Waals surface area contributed by atoms with Crippen molar-refractivity contribution in [3.63, 3.8) is 0 Å². The molecule has 0 fully saturated rings. The zero-order valence-electron chi connectivity index (χ0n) is 5.27. The number of hydrogen-bond acceptors (Lipinski definition) is 1. The van der Waals surface area contributed by atoms with E-state index in [2.05, 4.69) is 5.10 Å². The zero-order chi connectivity index (χ0) is 8.48. The van der Waals surface area contributed by atoms with Gasteiger partial charge in [0.2, 0.25) is 0 Å². The van der Waals surface area contributed by atoms with Crippen LogP contribution in [0.4, 0.5) is 13.2 Å². The SMILES string of the molecule is FC(F)(F)c1ccnn1CCl. The van der Waals surface area contributed by atoms with Crippen LogP contribution < -0.4 is 0 Å². The smallest absolute Gasteiger partial charge is 0.246 e. The first-order chi connectivity index (χ1) is 5.05. The first-order valence-corrected chi connectivity index (χ1v) is 3.24. The topological polar surface area (TPSA) is 17.8 Å². The largest absolute Gasteiger partial charge is 0.433 e. The molecule has 0 bridgehead atoms. The highest BCUT2D eigenvalue weighted by Crippen LogP contribution is 2.28. The maximum Gasteiger partial charge on any atom is 0.433 e. The van der Waals surface area contributed by atoms with Crippen LogP contribution in [0.5, 0.6) is 0 Å². The highest BCUT2D eigenvalue weighted by molar-refractivity contribution is 6.15. The molecule has 0 saturated heterocycles. The minimum absolute atomic E-state index is 0.290. The quantitative estimate of drug-likeness (QED) is 0.611. The average Bonchev–Trinajstić information content (AvgIpc) is 2.31. The second-order valence-corrected chi connectivity index (χ2v) is 2.07. The Morgan fingerprint density at radius 2 is 2.18 bits per heavy atom. The molecular weight excluding hydrogens is 181 g/mol. The summed E-state index contributed by atoms with van der Waals surface area (Å²) in [6.07, 6.45) is -3.31. The molecular formula is C5H4ClF3N2. The van der Waals surface area contributed by atoms with E-state index in [1.807, 2.05) is 0 Å². The van der Waals surface area contributed by atoms with Gasteiger partial charge in [-0.3, -0.25) is 0 Å². The van der Waals surface area contributed by atoms with Crippen LogP contribution in [0.15, 0.2) is 12.3 Å². The van der Waals surface area contributed by atoms with Crippen LogP contribution in [-0.2, 0) is 12.2 Å². The van der Waals surface area contributed by atoms with Crippen LogP contribution in [0, 0.1) is 0 Å². The minimum Gasteiger partial charge on any atom is -0.246 e. The lowest BCUT2D eigenvalue weighted by molar-refractivity contribution is -0.143. The second-order valence-electron chi connectivity index (χ2n) is 1.83. The number of aromatic nitrogens is 2. The first-order valence-electron chi connectivity index (χ1n) is 2.70. The lowest BCUT2D eigenvalue weighted by Crippen LogP contribution is -2.12. The Kier molecular flexibility index (Phi) is 2.08. The van der Waals surface area contributed by atoms with E-state index >= 15 is 0 Å². The molecule has 0 amide bonds. The van der Waals surface area contributed by atoms with Gasteiger partial charge < -0.3 is 0 Å². The van der Waals surface area contributed by atoms with Gasteiger partial charge in [0.15, 0.2) is 0 Å². The molecule has 6 heteroatoms. The number of rotatable bonds is 1. The average molecular weight is 185 g/mol. The van der Waals surface area contributed by atoms with E-state index in [1.54, 1.807) is 0 Å². The molecule has 0 aliphatic rings. The van der Waals surface area contributed by atoms with E-state index in [0.717, 1.165) is 12.3 Å². The van der Waals surface area contributed by atoms with E-state index in [0.29, 0.717) is 4.68 Å². The molecule has 0 aromatic carbocycles. The molecule has 1 heterocycles. The van der Waals surface area contributed by atoms with Gasteiger partial charge in [0.25, 0.3) is 0 Å². The second kappa shape index (κ2) is 2.73. The van der Waals surface area contributed by atoms with Gasteiger partial charge in [-0.15, -0.1) is 11.6 Å². The van der Waals surface area contributed by atoms with Crippen molar-refractivity contribution in [2.45, 2.75) is 12.2 Å². The van der Waals surface area contributed by atoms with Crippen LogP contribution in [0.2, 0.25) is 0 Å². The van der Waals surface area contributed by atoms with E-state index < -0.39 is 11.9 Å². The summed E-state index contributed by atoms with van der Waals surface area (Å²) < 4.78 is 36.5. The third kappa shape index (κ3) is 1.65. The molecule has 0 atom stereocenters. The van der Waals surface area contributed by atoms with Crippen LogP contribution >= 0.6 is 11.6 Å². The van der Waals surface area contributed by atoms with Crippen molar-refractivity contribution >= 4 is 11.6 Å². The van der Waals surface area contributed by atoms with Crippen molar-refractivity contribution < 1.29 is 13.2 Å². The number of hydrogen-bond donors (Lipinski definition) is 0. The van der Waals surface area contributed by atoms with Crippen molar-refractivity contribution in [2.75, 3.05) is 0 Å². The van der Waals surface area contributed by atoms with E-state index in [1.165, 1.54) is 0 Å². The fourth-order valence-corrected chi connectivity index (χ4v) is 0.859. The number of halogens is 4. The number of alkyl halides is 4. The van der Waals surface area contributed by atoms with Crippen molar-refractivity contribution in [3.05, 3.63) is 18.0 Å². The summed E-state index contributed by atoms with van der Waals surface area (Å²) in [5.74, 6) is 0. The third-order valence-electron chi connectivity index (χ3n) is 1.12. The molecule has 0 N–H and O–H groups in total. The molecule has 0 aliphatic heterocycles. The van der Waals surface area contributed by atoms with Gasteiger partial charge in [0.1, 0.15) is 11.7 Å². The molecule has 2 nitrogen and oxygen atoms in total. The molecule has 0 saturated carbocycles. The third-order valence-corrected chi connectivity index (χ3v) is 1.35. The van der Waals surface area contributed by atoms with Crippen LogP contribution in [0.25, 0.3) is 0 Å². The van der Waals surface area contributed by atoms with E-state index in [-0.39, 0.29) is 6.00 Å². The van der Waals surface area contributed by atoms with E-state index in [9.17, 15) is 13.2 Å². The summed E-state index contributed by atoms with van der Waals surface area (Å²) in [6, 6.07) is 0.588. The highest BCUT2D eigenvalue weighted by Gasteiger charge is 2.34. The Bertz CT molecular complexity index is 242. The summed E-state index contributed by atoms with van der Waals surface area (Å²) in [7, 11) is 0. The summed E-state index contributed by atoms with van der Waals surface area (Å²) in [6.45, 7) is 0. The van der Waals surface area contributed by atoms with Crippen molar-refractivity contribution in [1.29, 1.82) is 0 Å². The summed E-state index contributed by atoms with van der Waals surface area (Å²) in [5, 5.41) is 3.37. The molecule has 0 spiro atoms. The summed E-state index contributed by atoms with van der Waals surface area (Å²) >= 11 is 5.18. The van der Waals surface area contributed by atoms with Gasteiger partial charge in [-0.05, 0) is 6.07 Å². The molecule has 0 aliphatic carbocycles. The maximum absolute atomic E-state index is 11.9.